The molecule has 2 rings (SSSR count). The highest BCUT2D eigenvalue weighted by atomic mass is 19.1. The van der Waals surface area contributed by atoms with E-state index in [0.29, 0.717) is 13.1 Å². The summed E-state index contributed by atoms with van der Waals surface area (Å²) in [6.07, 6.45) is 1.91. The largest absolute Gasteiger partial charge is 0.368 e. The maximum Gasteiger partial charge on any atom is 0.317 e. The minimum absolute atomic E-state index is 0.0301. The lowest BCUT2D eigenvalue weighted by Gasteiger charge is -2.36. The van der Waals surface area contributed by atoms with Crippen LogP contribution in [0.3, 0.4) is 0 Å². The van der Waals surface area contributed by atoms with Gasteiger partial charge in [0.1, 0.15) is 5.82 Å². The van der Waals surface area contributed by atoms with E-state index in [1.54, 1.807) is 12.1 Å². The van der Waals surface area contributed by atoms with E-state index in [1.165, 1.54) is 12.1 Å². The molecule has 0 saturated carbocycles. The first kappa shape index (κ1) is 15.6. The van der Waals surface area contributed by atoms with Gasteiger partial charge in [-0.2, -0.15) is 0 Å². The summed E-state index contributed by atoms with van der Waals surface area (Å²) in [5.74, 6) is -0.220. The first-order valence-corrected chi connectivity index (χ1v) is 7.70. The number of hydrogen-bond acceptors (Lipinski definition) is 2. The summed E-state index contributed by atoms with van der Waals surface area (Å²) < 4.78 is 12.9. The molecule has 4 nitrogen and oxygen atoms in total. The van der Waals surface area contributed by atoms with Gasteiger partial charge in [-0.3, -0.25) is 0 Å². The van der Waals surface area contributed by atoms with Crippen LogP contribution in [0.1, 0.15) is 26.7 Å². The van der Waals surface area contributed by atoms with Gasteiger partial charge in [-0.15, -0.1) is 0 Å². The summed E-state index contributed by atoms with van der Waals surface area (Å²) >= 11 is 0. The molecule has 1 saturated heterocycles. The van der Waals surface area contributed by atoms with Gasteiger partial charge in [-0.05, 0) is 37.1 Å². The maximum atomic E-state index is 12.9. The van der Waals surface area contributed by atoms with Crippen molar-refractivity contribution in [1.82, 2.24) is 10.2 Å². The normalized spacial score (nSPS) is 15.4. The Morgan fingerprint density at radius 2 is 1.71 bits per heavy atom. The van der Waals surface area contributed by atoms with Crippen molar-refractivity contribution in [3.05, 3.63) is 30.1 Å². The Balaban J connectivity index is 1.85. The Hall–Kier alpha value is -1.78. The molecule has 1 aliphatic heterocycles. The standard InChI is InChI=1S/C16H24FN3O/c1-3-14(4-2)18-16(21)20-11-9-19(10-12-20)15-7-5-13(17)6-8-15/h5-8,14H,3-4,9-12H2,1-2H3,(H,18,21). The first-order valence-electron chi connectivity index (χ1n) is 7.70. The van der Waals surface area contributed by atoms with Crippen LogP contribution < -0.4 is 10.2 Å². The number of carbonyl (C=O) groups is 1. The summed E-state index contributed by atoms with van der Waals surface area (Å²) in [6, 6.07) is 6.81. The molecule has 2 amide bonds. The highest BCUT2D eigenvalue weighted by Gasteiger charge is 2.22. The number of piperazine rings is 1. The zero-order valence-electron chi connectivity index (χ0n) is 12.8. The van der Waals surface area contributed by atoms with E-state index in [9.17, 15) is 9.18 Å². The Kier molecular flexibility index (Phi) is 5.42. The second kappa shape index (κ2) is 7.29. The summed E-state index contributed by atoms with van der Waals surface area (Å²) in [5.41, 5.74) is 1.01. The molecule has 21 heavy (non-hydrogen) atoms. The van der Waals surface area contributed by atoms with Gasteiger partial charge in [0, 0.05) is 37.9 Å². The Bertz CT molecular complexity index is 451. The van der Waals surface area contributed by atoms with Gasteiger partial charge in [0.15, 0.2) is 0 Å². The van der Waals surface area contributed by atoms with Crippen molar-refractivity contribution >= 4 is 11.7 Å². The van der Waals surface area contributed by atoms with E-state index < -0.39 is 0 Å². The number of nitrogens with zero attached hydrogens (tertiary/aromatic N) is 2. The fourth-order valence-corrected chi connectivity index (χ4v) is 2.58. The molecule has 1 aromatic carbocycles. The average Bonchev–Trinajstić information content (AvgIpc) is 2.53. The van der Waals surface area contributed by atoms with E-state index in [0.717, 1.165) is 31.6 Å². The van der Waals surface area contributed by atoms with Crippen molar-refractivity contribution in [2.45, 2.75) is 32.7 Å². The lowest BCUT2D eigenvalue weighted by molar-refractivity contribution is 0.189. The minimum atomic E-state index is -0.220. The molecule has 1 heterocycles. The van der Waals surface area contributed by atoms with Crippen LogP contribution in [-0.2, 0) is 0 Å². The van der Waals surface area contributed by atoms with E-state index in [-0.39, 0.29) is 17.9 Å². The number of urea groups is 1. The van der Waals surface area contributed by atoms with Crippen molar-refractivity contribution in [2.75, 3.05) is 31.1 Å². The fraction of sp³-hybridized carbons (Fsp3) is 0.562. The SMILES string of the molecule is CCC(CC)NC(=O)N1CCN(c2ccc(F)cc2)CC1. The third-order valence-corrected chi connectivity index (χ3v) is 4.07. The summed E-state index contributed by atoms with van der Waals surface area (Å²) in [5, 5.41) is 3.07. The zero-order chi connectivity index (χ0) is 15.2. The summed E-state index contributed by atoms with van der Waals surface area (Å²) in [6.45, 7) is 7.12. The van der Waals surface area contributed by atoms with Crippen LogP contribution >= 0.6 is 0 Å². The molecule has 0 radical (unpaired) electrons. The molecular formula is C16H24FN3O. The molecule has 1 aromatic rings. The van der Waals surface area contributed by atoms with Gasteiger partial charge in [-0.1, -0.05) is 13.8 Å². The fourth-order valence-electron chi connectivity index (χ4n) is 2.58. The molecule has 0 spiro atoms. The first-order chi connectivity index (χ1) is 10.1. The monoisotopic (exact) mass is 293 g/mol. The molecular weight excluding hydrogens is 269 g/mol. The zero-order valence-corrected chi connectivity index (χ0v) is 12.8. The number of rotatable bonds is 4. The van der Waals surface area contributed by atoms with E-state index in [1.807, 2.05) is 4.90 Å². The van der Waals surface area contributed by atoms with Crippen molar-refractivity contribution in [3.8, 4) is 0 Å². The second-order valence-electron chi connectivity index (χ2n) is 5.41. The number of anilines is 1. The van der Waals surface area contributed by atoms with E-state index in [2.05, 4.69) is 24.1 Å². The van der Waals surface area contributed by atoms with Gasteiger partial charge in [0.25, 0.3) is 0 Å². The molecule has 1 aliphatic rings. The lowest BCUT2D eigenvalue weighted by atomic mass is 10.2. The molecule has 0 unspecified atom stereocenters. The number of carbonyl (C=O) groups excluding carboxylic acids is 1. The lowest BCUT2D eigenvalue weighted by Crippen LogP contribution is -2.53. The Labute approximate surface area is 125 Å². The number of benzene rings is 1. The van der Waals surface area contributed by atoms with Crippen molar-refractivity contribution in [3.63, 3.8) is 0 Å². The van der Waals surface area contributed by atoms with Gasteiger partial charge in [-0.25, -0.2) is 9.18 Å². The highest BCUT2D eigenvalue weighted by molar-refractivity contribution is 5.75. The van der Waals surface area contributed by atoms with Crippen LogP contribution in [0.15, 0.2) is 24.3 Å². The maximum absolute atomic E-state index is 12.9. The molecule has 116 valence electrons. The predicted molar refractivity (Wildman–Crippen MR) is 83.1 cm³/mol. The van der Waals surface area contributed by atoms with Crippen LogP contribution in [0.25, 0.3) is 0 Å². The molecule has 0 aliphatic carbocycles. The Morgan fingerprint density at radius 3 is 2.24 bits per heavy atom. The molecule has 1 fully saturated rings. The third kappa shape index (κ3) is 4.09. The molecule has 1 N–H and O–H groups in total. The second-order valence-corrected chi connectivity index (χ2v) is 5.41. The Morgan fingerprint density at radius 1 is 1.14 bits per heavy atom. The average molecular weight is 293 g/mol. The topological polar surface area (TPSA) is 35.6 Å². The van der Waals surface area contributed by atoms with Crippen molar-refractivity contribution in [1.29, 1.82) is 0 Å². The van der Waals surface area contributed by atoms with Crippen molar-refractivity contribution in [2.24, 2.45) is 0 Å². The van der Waals surface area contributed by atoms with Crippen LogP contribution in [0, 0.1) is 5.82 Å². The summed E-state index contributed by atoms with van der Waals surface area (Å²) in [4.78, 5) is 16.2. The van der Waals surface area contributed by atoms with Crippen molar-refractivity contribution < 1.29 is 9.18 Å². The van der Waals surface area contributed by atoms with Gasteiger partial charge in [0.2, 0.25) is 0 Å². The van der Waals surface area contributed by atoms with Crippen LogP contribution in [-0.4, -0.2) is 43.2 Å². The van der Waals surface area contributed by atoms with Crippen LogP contribution in [0.2, 0.25) is 0 Å². The quantitative estimate of drug-likeness (QED) is 0.926. The molecule has 0 bridgehead atoms. The molecule has 0 aromatic heterocycles. The van der Waals surface area contributed by atoms with Gasteiger partial charge in [0.05, 0.1) is 0 Å². The van der Waals surface area contributed by atoms with Gasteiger partial charge < -0.3 is 15.1 Å². The van der Waals surface area contributed by atoms with E-state index >= 15 is 0 Å². The molecule has 5 heteroatoms. The summed E-state index contributed by atoms with van der Waals surface area (Å²) in [7, 11) is 0. The van der Waals surface area contributed by atoms with Crippen LogP contribution in [0.4, 0.5) is 14.9 Å². The van der Waals surface area contributed by atoms with E-state index in [4.69, 9.17) is 0 Å². The molecule has 0 atom stereocenters. The number of amides is 2. The highest BCUT2D eigenvalue weighted by Crippen LogP contribution is 2.17. The smallest absolute Gasteiger partial charge is 0.317 e. The number of nitrogens with one attached hydrogen (secondary N) is 1. The van der Waals surface area contributed by atoms with Crippen LogP contribution in [0.5, 0.6) is 0 Å². The third-order valence-electron chi connectivity index (χ3n) is 4.07. The number of halogens is 1. The van der Waals surface area contributed by atoms with Gasteiger partial charge >= 0.3 is 6.03 Å². The minimum Gasteiger partial charge on any atom is -0.368 e. The predicted octanol–water partition coefficient (Wildman–Crippen LogP) is 2.85. The number of hydrogen-bond donors (Lipinski definition) is 1.